The molecule has 54 heavy (non-hydrogen) atoms. The number of H-pyrrole nitrogens is 2. The van der Waals surface area contributed by atoms with Gasteiger partial charge in [0.2, 0.25) is 5.91 Å². The van der Waals surface area contributed by atoms with Crippen LogP contribution in [0.1, 0.15) is 101 Å². The van der Waals surface area contributed by atoms with Gasteiger partial charge in [-0.15, -0.1) is 0 Å². The summed E-state index contributed by atoms with van der Waals surface area (Å²) >= 11 is 0. The first kappa shape index (κ1) is 35.7. The molecule has 13 nitrogen and oxygen atoms in total. The number of fused-ring (bicyclic) bond motifs is 7. The number of imidazole rings is 2. The number of nitrogens with one attached hydrogen (secondary N) is 3. The number of hydrogen-bond donors (Lipinski definition) is 3. The molecule has 3 aliphatic heterocycles. The number of ether oxygens (including phenoxy) is 3. The number of hydrogen-bond acceptors (Lipinski definition) is 8. The Morgan fingerprint density at radius 1 is 0.944 bits per heavy atom. The molecule has 1 aliphatic carbocycles. The van der Waals surface area contributed by atoms with Gasteiger partial charge in [-0.05, 0) is 94.0 Å². The molecule has 4 aliphatic rings. The van der Waals surface area contributed by atoms with E-state index in [1.807, 2.05) is 45.7 Å². The summed E-state index contributed by atoms with van der Waals surface area (Å²) in [5.74, 6) is 2.23. The van der Waals surface area contributed by atoms with Crippen LogP contribution < -0.4 is 10.1 Å². The largest absolute Gasteiger partial charge is 0.488 e. The maximum atomic E-state index is 13.7. The zero-order valence-electron chi connectivity index (χ0n) is 31.9. The van der Waals surface area contributed by atoms with Gasteiger partial charge in [0.15, 0.2) is 0 Å². The van der Waals surface area contributed by atoms with Gasteiger partial charge in [-0.2, -0.15) is 0 Å². The van der Waals surface area contributed by atoms with Crippen LogP contribution in [0.25, 0.3) is 33.6 Å². The van der Waals surface area contributed by atoms with Crippen molar-refractivity contribution < 1.29 is 28.6 Å². The maximum absolute atomic E-state index is 13.7. The number of rotatable bonds is 6. The molecule has 8 rings (SSSR count). The highest BCUT2D eigenvalue weighted by molar-refractivity contribution is 5.87. The van der Waals surface area contributed by atoms with Gasteiger partial charge in [0.25, 0.3) is 0 Å². The molecule has 2 fully saturated rings. The normalized spacial score (nSPS) is 19.4. The highest BCUT2D eigenvalue weighted by Crippen LogP contribution is 2.47. The summed E-state index contributed by atoms with van der Waals surface area (Å²) < 4.78 is 17.0. The number of aromatic nitrogens is 4. The number of alkyl carbamates (subject to hydrolysis) is 1. The summed E-state index contributed by atoms with van der Waals surface area (Å²) in [4.78, 5) is 59.2. The summed E-state index contributed by atoms with van der Waals surface area (Å²) in [6.07, 6.45) is 5.91. The van der Waals surface area contributed by atoms with Gasteiger partial charge < -0.3 is 34.4 Å². The fraction of sp³-hybridized carbons (Fsp3) is 0.488. The Morgan fingerprint density at radius 3 is 2.41 bits per heavy atom. The van der Waals surface area contributed by atoms with Crippen molar-refractivity contribution in [2.45, 2.75) is 103 Å². The van der Waals surface area contributed by atoms with E-state index in [-0.39, 0.29) is 30.0 Å². The van der Waals surface area contributed by atoms with Crippen LogP contribution in [0.3, 0.4) is 0 Å². The van der Waals surface area contributed by atoms with Crippen LogP contribution in [-0.2, 0) is 33.7 Å². The zero-order valence-corrected chi connectivity index (χ0v) is 31.9. The highest BCUT2D eigenvalue weighted by Gasteiger charge is 2.39. The topological polar surface area (TPSA) is 155 Å². The molecule has 2 aromatic heterocycles. The lowest BCUT2D eigenvalue weighted by atomic mass is 9.86. The van der Waals surface area contributed by atoms with Gasteiger partial charge in [-0.3, -0.25) is 9.69 Å². The minimum absolute atomic E-state index is 0.101. The highest BCUT2D eigenvalue weighted by atomic mass is 16.6. The van der Waals surface area contributed by atoms with Crippen molar-refractivity contribution in [3.05, 3.63) is 65.0 Å². The molecule has 2 aromatic carbocycles. The fourth-order valence-corrected chi connectivity index (χ4v) is 8.44. The molecule has 0 spiro atoms. The molecule has 0 saturated carbocycles. The first-order valence-electron chi connectivity index (χ1n) is 19.1. The van der Waals surface area contributed by atoms with E-state index in [1.165, 1.54) is 7.11 Å². The van der Waals surface area contributed by atoms with Crippen molar-refractivity contribution in [2.75, 3.05) is 20.2 Å². The average Bonchev–Trinajstić information content (AvgIpc) is 3.97. The van der Waals surface area contributed by atoms with Crippen molar-refractivity contribution >= 4 is 18.1 Å². The fourth-order valence-electron chi connectivity index (χ4n) is 8.44. The minimum Gasteiger partial charge on any atom is -0.488 e. The van der Waals surface area contributed by atoms with Gasteiger partial charge in [0, 0.05) is 35.5 Å². The summed E-state index contributed by atoms with van der Waals surface area (Å²) in [6.45, 7) is 11.2. The summed E-state index contributed by atoms with van der Waals surface area (Å²) in [6, 6.07) is 9.68. The van der Waals surface area contributed by atoms with Crippen molar-refractivity contribution in [3.8, 4) is 39.4 Å². The van der Waals surface area contributed by atoms with Gasteiger partial charge in [-0.1, -0.05) is 32.0 Å². The van der Waals surface area contributed by atoms with Crippen molar-refractivity contribution in [1.82, 2.24) is 35.1 Å². The number of carbonyl (C=O) groups is 3. The van der Waals surface area contributed by atoms with Crippen molar-refractivity contribution in [3.63, 3.8) is 0 Å². The monoisotopic (exact) mass is 735 g/mol. The van der Waals surface area contributed by atoms with E-state index in [2.05, 4.69) is 45.6 Å². The van der Waals surface area contributed by atoms with Gasteiger partial charge >= 0.3 is 12.2 Å². The molecular weight excluding hydrogens is 686 g/mol. The van der Waals surface area contributed by atoms with Gasteiger partial charge in [0.05, 0.1) is 36.8 Å². The van der Waals surface area contributed by atoms with Gasteiger partial charge in [-0.25, -0.2) is 19.6 Å². The van der Waals surface area contributed by atoms with Crippen LogP contribution in [0.5, 0.6) is 5.75 Å². The van der Waals surface area contributed by atoms with E-state index in [0.717, 1.165) is 106 Å². The molecule has 1 unspecified atom stereocenters. The molecule has 0 radical (unpaired) electrons. The molecular formula is C41H49N7O6. The summed E-state index contributed by atoms with van der Waals surface area (Å²) in [5.41, 5.74) is 8.83. The number of methoxy groups -OCH3 is 1. The molecule has 3 amide bonds. The van der Waals surface area contributed by atoms with E-state index in [0.29, 0.717) is 19.7 Å². The minimum atomic E-state index is -0.684. The van der Waals surface area contributed by atoms with Crippen LogP contribution in [0.15, 0.2) is 36.5 Å². The Kier molecular flexibility index (Phi) is 9.13. The zero-order chi connectivity index (χ0) is 37.9. The van der Waals surface area contributed by atoms with Crippen molar-refractivity contribution in [2.24, 2.45) is 5.92 Å². The number of nitrogens with zero attached hydrogens (tertiary/aromatic N) is 4. The first-order chi connectivity index (χ1) is 25.9. The molecule has 5 heterocycles. The van der Waals surface area contributed by atoms with E-state index in [1.54, 1.807) is 4.90 Å². The predicted octanol–water partition coefficient (Wildman–Crippen LogP) is 7.24. The molecule has 3 N–H and O–H groups in total. The smallest absolute Gasteiger partial charge is 0.410 e. The summed E-state index contributed by atoms with van der Waals surface area (Å²) in [5, 5.41) is 2.73. The van der Waals surface area contributed by atoms with Gasteiger partial charge in [0.1, 0.15) is 35.6 Å². The standard InChI is InChI=1S/C41H49N7O6/c1-22(2)33(46-39(50)52-6)38(49)47-17-7-10-32(47)37-43-29-16-15-28-26(34(29)45-37)13-14-27-25-12-11-23(19-24(25)21-53-35(27)28)30-20-42-36(44-30)31-9-8-18-48(31)40(51)54-41(3,4)5/h11-14,19-20,22,31-33H,7-10,15-18,21H2,1-6H3,(H,42,44)(H,43,45)(H,46,50)/t31?,32-,33-/m0/s1. The summed E-state index contributed by atoms with van der Waals surface area (Å²) in [7, 11) is 1.30. The number of carbonyl (C=O) groups excluding carboxylic acids is 3. The Bertz CT molecular complexity index is 2110. The average molecular weight is 736 g/mol. The second kappa shape index (κ2) is 13.8. The second-order valence-electron chi connectivity index (χ2n) is 16.1. The third-order valence-electron chi connectivity index (χ3n) is 11.1. The Balaban J connectivity index is 1.02. The Labute approximate surface area is 315 Å². The van der Waals surface area contributed by atoms with Crippen LogP contribution in [0, 0.1) is 5.92 Å². The van der Waals surface area contributed by atoms with Crippen LogP contribution >= 0.6 is 0 Å². The van der Waals surface area contributed by atoms with Crippen molar-refractivity contribution in [1.29, 1.82) is 0 Å². The molecule has 0 bridgehead atoms. The van der Waals surface area contributed by atoms with E-state index in [9.17, 15) is 14.4 Å². The quantitative estimate of drug-likeness (QED) is 0.187. The van der Waals surface area contributed by atoms with Crippen LogP contribution in [0.4, 0.5) is 9.59 Å². The second-order valence-corrected chi connectivity index (χ2v) is 16.1. The van der Waals surface area contributed by atoms with Crippen LogP contribution in [0.2, 0.25) is 0 Å². The Hall–Kier alpha value is -5.33. The van der Waals surface area contributed by atoms with Crippen LogP contribution in [-0.4, -0.2) is 79.7 Å². The number of aryl methyl sites for hydroxylation is 1. The molecule has 13 heteroatoms. The number of benzene rings is 2. The number of amides is 3. The number of likely N-dealkylation sites (tertiary alicyclic amines) is 2. The number of aromatic amines is 2. The first-order valence-corrected chi connectivity index (χ1v) is 19.1. The predicted molar refractivity (Wildman–Crippen MR) is 202 cm³/mol. The lowest BCUT2D eigenvalue weighted by Crippen LogP contribution is -2.51. The lowest BCUT2D eigenvalue weighted by molar-refractivity contribution is -0.135. The Morgan fingerprint density at radius 2 is 1.67 bits per heavy atom. The third kappa shape index (κ3) is 6.47. The van der Waals surface area contributed by atoms with E-state index in [4.69, 9.17) is 24.2 Å². The molecule has 3 atom stereocenters. The SMILES string of the molecule is COC(=O)N[C@H](C(=O)N1CCC[C@H]1c1nc2c([nH]1)CCc1c-2ccc2c1OCc1cc(-c3cnc(C4CCCN4C(=O)OC(C)(C)C)[nH]3)ccc1-2)C(C)C. The maximum Gasteiger partial charge on any atom is 0.410 e. The third-order valence-corrected chi connectivity index (χ3v) is 11.1. The lowest BCUT2D eigenvalue weighted by Gasteiger charge is -2.30. The van der Waals surface area contributed by atoms with E-state index < -0.39 is 17.7 Å². The molecule has 4 aromatic rings. The molecule has 2 saturated heterocycles. The molecule has 284 valence electrons. The van der Waals surface area contributed by atoms with E-state index >= 15 is 0 Å².